The second kappa shape index (κ2) is 5.55. The minimum absolute atomic E-state index is 0.0688. The van der Waals surface area contributed by atoms with E-state index in [9.17, 15) is 27.6 Å². The summed E-state index contributed by atoms with van der Waals surface area (Å²) >= 11 is 0. The minimum Gasteiger partial charge on any atom is -0.340 e. The first-order valence-electron chi connectivity index (χ1n) is 6.07. The number of carbonyl (C=O) groups is 3. The largest absolute Gasteiger partial charge is 0.340 e. The summed E-state index contributed by atoms with van der Waals surface area (Å²) in [6, 6.07) is 0.114. The van der Waals surface area contributed by atoms with Gasteiger partial charge in [-0.1, -0.05) is 0 Å². The first-order valence-corrected chi connectivity index (χ1v) is 6.07. The third-order valence-corrected chi connectivity index (χ3v) is 3.20. The number of nitrogens with one attached hydrogen (secondary N) is 1. The molecule has 112 valence electrons. The van der Waals surface area contributed by atoms with E-state index in [4.69, 9.17) is 0 Å². The van der Waals surface area contributed by atoms with E-state index in [1.165, 1.54) is 7.05 Å². The monoisotopic (exact) mass is 300 g/mol. The summed E-state index contributed by atoms with van der Waals surface area (Å²) in [5, 5.41) is 2.27. The molecule has 5 nitrogen and oxygen atoms in total. The molecule has 0 spiro atoms. The van der Waals surface area contributed by atoms with Crippen molar-refractivity contribution in [2.45, 2.75) is 18.9 Å². The number of likely N-dealkylation sites (tertiary alicyclic amines) is 1. The van der Waals surface area contributed by atoms with Crippen LogP contribution < -0.4 is 5.32 Å². The molecule has 0 aliphatic carbocycles. The van der Waals surface area contributed by atoms with Gasteiger partial charge in [-0.05, 0) is 18.6 Å². The van der Waals surface area contributed by atoms with E-state index in [0.717, 1.165) is 4.90 Å². The summed E-state index contributed by atoms with van der Waals surface area (Å²) in [4.78, 5) is 35.8. The summed E-state index contributed by atoms with van der Waals surface area (Å²) in [5.74, 6) is -6.57. The Morgan fingerprint density at radius 1 is 1.24 bits per heavy atom. The molecule has 1 aliphatic rings. The minimum atomic E-state index is -1.68. The lowest BCUT2D eigenvalue weighted by Crippen LogP contribution is -2.52. The van der Waals surface area contributed by atoms with Crippen molar-refractivity contribution in [1.29, 1.82) is 0 Å². The molecule has 1 aromatic carbocycles. The lowest BCUT2D eigenvalue weighted by Gasteiger charge is -2.28. The zero-order valence-electron chi connectivity index (χ0n) is 11.0. The lowest BCUT2D eigenvalue weighted by atomic mass is 10.0. The summed E-state index contributed by atoms with van der Waals surface area (Å²) < 4.78 is 38.9. The highest BCUT2D eigenvalue weighted by molar-refractivity contribution is 6.03. The van der Waals surface area contributed by atoms with Crippen LogP contribution in [0, 0.1) is 17.5 Å². The SMILES string of the molecule is CN1C(=O)CCC(NC(=O)c2cc(F)c(F)c(F)c2)C1=O. The Bertz CT molecular complexity index is 610. The van der Waals surface area contributed by atoms with Gasteiger partial charge >= 0.3 is 0 Å². The van der Waals surface area contributed by atoms with Crippen LogP contribution in [-0.2, 0) is 9.59 Å². The molecule has 1 unspecified atom stereocenters. The Labute approximate surface area is 117 Å². The number of amides is 3. The first-order chi connectivity index (χ1) is 9.81. The smallest absolute Gasteiger partial charge is 0.252 e. The molecule has 1 aliphatic heterocycles. The molecule has 1 heterocycles. The van der Waals surface area contributed by atoms with Gasteiger partial charge in [-0.3, -0.25) is 19.3 Å². The van der Waals surface area contributed by atoms with Gasteiger partial charge in [-0.15, -0.1) is 0 Å². The Hall–Kier alpha value is -2.38. The van der Waals surface area contributed by atoms with Crippen LogP contribution in [0.4, 0.5) is 13.2 Å². The van der Waals surface area contributed by atoms with Gasteiger partial charge in [-0.25, -0.2) is 13.2 Å². The number of hydrogen-bond donors (Lipinski definition) is 1. The molecule has 8 heteroatoms. The van der Waals surface area contributed by atoms with Gasteiger partial charge in [0.15, 0.2) is 17.5 Å². The molecule has 3 amide bonds. The van der Waals surface area contributed by atoms with Crippen molar-refractivity contribution in [2.75, 3.05) is 7.05 Å². The number of carbonyl (C=O) groups excluding carboxylic acids is 3. The van der Waals surface area contributed by atoms with E-state index < -0.39 is 40.9 Å². The van der Waals surface area contributed by atoms with Gasteiger partial charge < -0.3 is 5.32 Å². The van der Waals surface area contributed by atoms with Crippen LogP contribution in [0.25, 0.3) is 0 Å². The van der Waals surface area contributed by atoms with Crippen LogP contribution in [0.5, 0.6) is 0 Å². The number of hydrogen-bond acceptors (Lipinski definition) is 3. The van der Waals surface area contributed by atoms with Crippen molar-refractivity contribution in [1.82, 2.24) is 10.2 Å². The Morgan fingerprint density at radius 2 is 1.81 bits per heavy atom. The fraction of sp³-hybridized carbons (Fsp3) is 0.308. The predicted molar refractivity (Wildman–Crippen MR) is 64.6 cm³/mol. The van der Waals surface area contributed by atoms with Crippen molar-refractivity contribution in [3.8, 4) is 0 Å². The van der Waals surface area contributed by atoms with Crippen LogP contribution in [-0.4, -0.2) is 35.7 Å². The molecule has 1 saturated heterocycles. The molecule has 0 bridgehead atoms. The average Bonchev–Trinajstić information content (AvgIpc) is 2.44. The third-order valence-electron chi connectivity index (χ3n) is 3.20. The van der Waals surface area contributed by atoms with E-state index in [-0.39, 0.29) is 18.7 Å². The van der Waals surface area contributed by atoms with Crippen LogP contribution >= 0.6 is 0 Å². The number of benzene rings is 1. The van der Waals surface area contributed by atoms with E-state index >= 15 is 0 Å². The number of nitrogens with zero attached hydrogens (tertiary/aromatic N) is 1. The topological polar surface area (TPSA) is 66.5 Å². The number of rotatable bonds is 2. The molecule has 0 saturated carbocycles. The fourth-order valence-electron chi connectivity index (χ4n) is 1.98. The molecule has 0 radical (unpaired) electrons. The lowest BCUT2D eigenvalue weighted by molar-refractivity contribution is -0.147. The van der Waals surface area contributed by atoms with E-state index in [1.807, 2.05) is 0 Å². The van der Waals surface area contributed by atoms with Crippen molar-refractivity contribution in [3.05, 3.63) is 35.1 Å². The van der Waals surface area contributed by atoms with Crippen LogP contribution in [0.15, 0.2) is 12.1 Å². The highest BCUT2D eigenvalue weighted by atomic mass is 19.2. The maximum Gasteiger partial charge on any atom is 0.252 e. The molecular weight excluding hydrogens is 289 g/mol. The quantitative estimate of drug-likeness (QED) is 0.654. The molecule has 2 rings (SSSR count). The van der Waals surface area contributed by atoms with Crippen LogP contribution in [0.1, 0.15) is 23.2 Å². The van der Waals surface area contributed by atoms with Crippen molar-refractivity contribution in [3.63, 3.8) is 0 Å². The van der Waals surface area contributed by atoms with Crippen molar-refractivity contribution >= 4 is 17.7 Å². The highest BCUT2D eigenvalue weighted by Gasteiger charge is 2.33. The molecule has 1 atom stereocenters. The molecule has 1 fully saturated rings. The zero-order chi connectivity index (χ0) is 15.7. The predicted octanol–water partition coefficient (Wildman–Crippen LogP) is 0.981. The maximum atomic E-state index is 13.1. The summed E-state index contributed by atoms with van der Waals surface area (Å²) in [7, 11) is 1.28. The van der Waals surface area contributed by atoms with E-state index in [2.05, 4.69) is 5.32 Å². The molecular formula is C13H11F3N2O3. The van der Waals surface area contributed by atoms with Crippen LogP contribution in [0.3, 0.4) is 0 Å². The average molecular weight is 300 g/mol. The third kappa shape index (κ3) is 2.88. The van der Waals surface area contributed by atoms with E-state index in [1.54, 1.807) is 0 Å². The summed E-state index contributed by atoms with van der Waals surface area (Å²) in [6.07, 6.45) is 0.166. The van der Waals surface area contributed by atoms with Gasteiger partial charge in [0.25, 0.3) is 11.8 Å². The summed E-state index contributed by atoms with van der Waals surface area (Å²) in [5.41, 5.74) is -0.446. The Morgan fingerprint density at radius 3 is 2.38 bits per heavy atom. The normalized spacial score (nSPS) is 18.9. The van der Waals surface area contributed by atoms with Crippen molar-refractivity contribution in [2.24, 2.45) is 0 Å². The zero-order valence-corrected chi connectivity index (χ0v) is 11.0. The highest BCUT2D eigenvalue weighted by Crippen LogP contribution is 2.15. The second-order valence-electron chi connectivity index (χ2n) is 4.61. The number of piperidine rings is 1. The number of likely N-dealkylation sites (N-methyl/N-ethyl adjacent to an activating group) is 1. The molecule has 1 aromatic rings. The second-order valence-corrected chi connectivity index (χ2v) is 4.61. The van der Waals surface area contributed by atoms with Gasteiger partial charge in [0.1, 0.15) is 6.04 Å². The number of halogens is 3. The molecule has 0 aromatic heterocycles. The van der Waals surface area contributed by atoms with Gasteiger partial charge in [0.05, 0.1) is 0 Å². The fourth-order valence-corrected chi connectivity index (χ4v) is 1.98. The molecule has 1 N–H and O–H groups in total. The van der Waals surface area contributed by atoms with Crippen molar-refractivity contribution < 1.29 is 27.6 Å². The van der Waals surface area contributed by atoms with Gasteiger partial charge in [0, 0.05) is 19.0 Å². The molecule has 21 heavy (non-hydrogen) atoms. The maximum absolute atomic E-state index is 13.1. The van der Waals surface area contributed by atoms with Gasteiger partial charge in [0.2, 0.25) is 5.91 Å². The Kier molecular flexibility index (Phi) is 3.97. The first kappa shape index (κ1) is 15.0. The van der Waals surface area contributed by atoms with E-state index in [0.29, 0.717) is 12.1 Å². The van der Waals surface area contributed by atoms with Crippen LogP contribution in [0.2, 0.25) is 0 Å². The number of imide groups is 1. The van der Waals surface area contributed by atoms with Gasteiger partial charge in [-0.2, -0.15) is 0 Å². The Balaban J connectivity index is 2.15. The summed E-state index contributed by atoms with van der Waals surface area (Å²) in [6.45, 7) is 0. The standard InChI is InChI=1S/C13H11F3N2O3/c1-18-10(19)3-2-9(13(18)21)17-12(20)6-4-7(14)11(16)8(15)5-6/h4-5,9H,2-3H2,1H3,(H,17,20).